The van der Waals surface area contributed by atoms with Gasteiger partial charge in [-0.1, -0.05) is 0 Å². The van der Waals surface area contributed by atoms with Crippen LogP contribution in [0.1, 0.15) is 24.2 Å². The number of Topliss-reactive ketones (excluding diaryl/α,β-unsaturated/α-hetero) is 1. The predicted molar refractivity (Wildman–Crippen MR) is 95.7 cm³/mol. The summed E-state index contributed by atoms with van der Waals surface area (Å²) in [7, 11) is 0. The van der Waals surface area contributed by atoms with E-state index < -0.39 is 5.60 Å². The zero-order chi connectivity index (χ0) is 18.5. The summed E-state index contributed by atoms with van der Waals surface area (Å²) < 4.78 is 21.4. The van der Waals surface area contributed by atoms with Crippen LogP contribution in [-0.2, 0) is 14.2 Å². The highest BCUT2D eigenvalue weighted by molar-refractivity contribution is 6.17. The Labute approximate surface area is 154 Å². The molecule has 0 aliphatic carbocycles. The van der Waals surface area contributed by atoms with Crippen LogP contribution in [0.2, 0.25) is 0 Å². The molecule has 0 saturated heterocycles. The van der Waals surface area contributed by atoms with Gasteiger partial charge >= 0.3 is 0 Å². The van der Waals surface area contributed by atoms with Gasteiger partial charge in [0.25, 0.3) is 0 Å². The normalized spacial score (nSPS) is 11.5. The summed E-state index contributed by atoms with van der Waals surface area (Å²) in [6.07, 6.45) is 0. The molecular formula is C18H27ClO6. The molecule has 1 aromatic rings. The number of alkyl halides is 1. The van der Waals surface area contributed by atoms with E-state index in [9.17, 15) is 9.90 Å². The molecular weight excluding hydrogens is 348 g/mol. The number of hydrogen-bond donors (Lipinski definition) is 1. The lowest BCUT2D eigenvalue weighted by Crippen LogP contribution is -2.30. The topological polar surface area (TPSA) is 74.2 Å². The molecule has 0 fully saturated rings. The zero-order valence-electron chi connectivity index (χ0n) is 14.8. The molecule has 0 amide bonds. The minimum Gasteiger partial charge on any atom is -0.491 e. The number of aliphatic hydroxyl groups is 1. The van der Waals surface area contributed by atoms with E-state index in [4.69, 9.17) is 30.5 Å². The summed E-state index contributed by atoms with van der Waals surface area (Å²) in [5.41, 5.74) is -0.933. The van der Waals surface area contributed by atoms with Crippen LogP contribution in [0.25, 0.3) is 0 Å². The Balaban J connectivity index is 2.08. The van der Waals surface area contributed by atoms with Crippen LogP contribution in [0.15, 0.2) is 24.3 Å². The van der Waals surface area contributed by atoms with E-state index >= 15 is 0 Å². The van der Waals surface area contributed by atoms with Crippen molar-refractivity contribution in [1.82, 2.24) is 0 Å². The molecule has 1 aromatic carbocycles. The highest BCUT2D eigenvalue weighted by Gasteiger charge is 2.24. The third-order valence-corrected chi connectivity index (χ3v) is 3.29. The van der Waals surface area contributed by atoms with Gasteiger partial charge in [-0.2, -0.15) is 0 Å². The third-order valence-electron chi connectivity index (χ3n) is 3.13. The number of ketones is 1. The lowest BCUT2D eigenvalue weighted by atomic mass is 9.97. The second kappa shape index (κ2) is 12.2. The molecule has 0 aliphatic rings. The van der Waals surface area contributed by atoms with Gasteiger partial charge in [0, 0.05) is 11.4 Å². The smallest absolute Gasteiger partial charge is 0.193 e. The maximum atomic E-state index is 11.9. The SMILES string of the molecule is CC(C)(O)C(=O)c1ccc(OCCOCCOCCOCCCl)cc1. The monoisotopic (exact) mass is 374 g/mol. The Hall–Kier alpha value is -1.18. The van der Waals surface area contributed by atoms with Gasteiger partial charge in [-0.25, -0.2) is 0 Å². The number of rotatable bonds is 14. The van der Waals surface area contributed by atoms with Crippen molar-refractivity contribution in [3.8, 4) is 5.75 Å². The minimum atomic E-state index is -1.38. The second-order valence-corrected chi connectivity index (χ2v) is 6.17. The van der Waals surface area contributed by atoms with Crippen molar-refractivity contribution < 1.29 is 28.8 Å². The van der Waals surface area contributed by atoms with Crippen molar-refractivity contribution in [2.75, 3.05) is 52.1 Å². The van der Waals surface area contributed by atoms with Crippen LogP contribution >= 0.6 is 11.6 Å². The summed E-state index contributed by atoms with van der Waals surface area (Å²) in [6, 6.07) is 6.67. The summed E-state index contributed by atoms with van der Waals surface area (Å²) >= 11 is 5.47. The first kappa shape index (κ1) is 21.9. The van der Waals surface area contributed by atoms with Crippen molar-refractivity contribution >= 4 is 17.4 Å². The molecule has 0 heterocycles. The van der Waals surface area contributed by atoms with E-state index in [2.05, 4.69) is 0 Å². The molecule has 142 valence electrons. The number of benzene rings is 1. The van der Waals surface area contributed by atoms with Crippen molar-refractivity contribution in [3.63, 3.8) is 0 Å². The van der Waals surface area contributed by atoms with Gasteiger partial charge in [-0.3, -0.25) is 4.79 Å². The average Bonchev–Trinajstić information content (AvgIpc) is 2.59. The highest BCUT2D eigenvalue weighted by Crippen LogP contribution is 2.17. The lowest BCUT2D eigenvalue weighted by Gasteiger charge is -2.15. The largest absolute Gasteiger partial charge is 0.491 e. The van der Waals surface area contributed by atoms with Gasteiger partial charge in [0.15, 0.2) is 5.78 Å². The third kappa shape index (κ3) is 9.77. The first-order chi connectivity index (χ1) is 11.9. The Bertz CT molecular complexity index is 483. The van der Waals surface area contributed by atoms with Gasteiger partial charge in [0.2, 0.25) is 0 Å². The van der Waals surface area contributed by atoms with Crippen LogP contribution in [0.4, 0.5) is 0 Å². The first-order valence-electron chi connectivity index (χ1n) is 8.24. The fourth-order valence-corrected chi connectivity index (χ4v) is 1.98. The molecule has 6 nitrogen and oxygen atoms in total. The molecule has 0 aliphatic heterocycles. The number of halogens is 1. The van der Waals surface area contributed by atoms with E-state index in [1.54, 1.807) is 24.3 Å². The molecule has 1 rings (SSSR count). The Morgan fingerprint density at radius 2 is 1.40 bits per heavy atom. The van der Waals surface area contributed by atoms with Gasteiger partial charge in [-0.15, -0.1) is 11.6 Å². The number of ether oxygens (including phenoxy) is 4. The molecule has 0 radical (unpaired) electrons. The molecule has 0 atom stereocenters. The maximum absolute atomic E-state index is 11.9. The van der Waals surface area contributed by atoms with Crippen LogP contribution < -0.4 is 4.74 Å². The molecule has 1 N–H and O–H groups in total. The standard InChI is InChI=1S/C18H27ClO6/c1-18(2,21)17(20)15-3-5-16(6-4-15)25-14-13-24-12-11-23-10-9-22-8-7-19/h3-6,21H,7-14H2,1-2H3. The zero-order valence-corrected chi connectivity index (χ0v) is 15.6. The van der Waals surface area contributed by atoms with Gasteiger partial charge in [-0.05, 0) is 38.1 Å². The first-order valence-corrected chi connectivity index (χ1v) is 8.78. The quantitative estimate of drug-likeness (QED) is 0.306. The lowest BCUT2D eigenvalue weighted by molar-refractivity contribution is 0.0117. The second-order valence-electron chi connectivity index (χ2n) is 5.79. The Morgan fingerprint density at radius 1 is 0.920 bits per heavy atom. The van der Waals surface area contributed by atoms with Gasteiger partial charge < -0.3 is 24.1 Å². The number of carbonyl (C=O) groups is 1. The summed E-state index contributed by atoms with van der Waals surface area (Å²) in [5, 5.41) is 9.71. The molecule has 0 bridgehead atoms. The predicted octanol–water partition coefficient (Wildman–Crippen LogP) is 2.31. The van der Waals surface area contributed by atoms with Crippen molar-refractivity contribution in [2.45, 2.75) is 19.4 Å². The molecule has 0 unspecified atom stereocenters. The minimum absolute atomic E-state index is 0.324. The Morgan fingerprint density at radius 3 is 1.88 bits per heavy atom. The van der Waals surface area contributed by atoms with Gasteiger partial charge in [0.1, 0.15) is 18.0 Å². The fourth-order valence-electron chi connectivity index (χ4n) is 1.87. The van der Waals surface area contributed by atoms with Crippen LogP contribution in [-0.4, -0.2) is 68.6 Å². The van der Waals surface area contributed by atoms with Crippen molar-refractivity contribution in [2.24, 2.45) is 0 Å². The van der Waals surface area contributed by atoms with Gasteiger partial charge in [0.05, 0.1) is 39.6 Å². The van der Waals surface area contributed by atoms with Crippen LogP contribution in [0.5, 0.6) is 5.75 Å². The van der Waals surface area contributed by atoms with Crippen molar-refractivity contribution in [1.29, 1.82) is 0 Å². The number of carbonyl (C=O) groups excluding carboxylic acids is 1. The molecule has 0 spiro atoms. The summed E-state index contributed by atoms with van der Waals surface area (Å²) in [6.45, 7) is 6.34. The van der Waals surface area contributed by atoms with E-state index in [1.807, 2.05) is 0 Å². The average molecular weight is 375 g/mol. The maximum Gasteiger partial charge on any atom is 0.193 e. The fraction of sp³-hybridized carbons (Fsp3) is 0.611. The summed E-state index contributed by atoms with van der Waals surface area (Å²) in [5.74, 6) is 0.806. The number of hydrogen-bond acceptors (Lipinski definition) is 6. The van der Waals surface area contributed by atoms with E-state index in [0.717, 1.165) is 0 Å². The van der Waals surface area contributed by atoms with E-state index in [-0.39, 0.29) is 5.78 Å². The molecule has 0 saturated carbocycles. The van der Waals surface area contributed by atoms with Crippen molar-refractivity contribution in [3.05, 3.63) is 29.8 Å². The molecule has 0 aromatic heterocycles. The Kier molecular flexibility index (Phi) is 10.7. The van der Waals surface area contributed by atoms with Crippen LogP contribution in [0, 0.1) is 0 Å². The summed E-state index contributed by atoms with van der Waals surface area (Å²) in [4.78, 5) is 11.9. The molecule has 25 heavy (non-hydrogen) atoms. The molecule has 7 heteroatoms. The van der Waals surface area contributed by atoms with E-state index in [0.29, 0.717) is 63.4 Å². The highest BCUT2D eigenvalue weighted by atomic mass is 35.5. The van der Waals surface area contributed by atoms with Crippen LogP contribution in [0.3, 0.4) is 0 Å². The van der Waals surface area contributed by atoms with E-state index in [1.165, 1.54) is 13.8 Å².